The predicted molar refractivity (Wildman–Crippen MR) is 109 cm³/mol. The molecule has 1 atom stereocenters. The minimum atomic E-state index is -2.68. The van der Waals surface area contributed by atoms with Crippen LogP contribution < -0.4 is 11.2 Å². The van der Waals surface area contributed by atoms with E-state index < -0.39 is 47.8 Å². The summed E-state index contributed by atoms with van der Waals surface area (Å²) in [5.74, 6) is -1.27. The summed E-state index contributed by atoms with van der Waals surface area (Å²) < 4.78 is 24.3. The molecule has 1 aromatic heterocycles. The van der Waals surface area contributed by atoms with E-state index in [2.05, 4.69) is 4.98 Å². The second kappa shape index (κ2) is 9.87. The number of hydrogen-bond donors (Lipinski definition) is 1. The fraction of sp³-hybridized carbons (Fsp3) is 0.579. The molecule has 0 aliphatic heterocycles. The Morgan fingerprint density at radius 3 is 2.03 bits per heavy atom. The minimum absolute atomic E-state index is 0.00226. The Bertz CT molecular complexity index is 873. The van der Waals surface area contributed by atoms with E-state index in [1.165, 1.54) is 16.8 Å². The van der Waals surface area contributed by atoms with E-state index in [-0.39, 0.29) is 12.7 Å². The summed E-state index contributed by atoms with van der Waals surface area (Å²) in [6.07, 6.45) is 4.47. The average Bonchev–Trinajstić information content (AvgIpc) is 2.57. The normalized spacial score (nSPS) is 13.5. The molecule has 10 heteroatoms. The highest BCUT2D eigenvalue weighted by Crippen LogP contribution is 2.34. The van der Waals surface area contributed by atoms with Crippen molar-refractivity contribution < 1.29 is 23.6 Å². The van der Waals surface area contributed by atoms with Crippen LogP contribution in [0, 0.1) is 10.8 Å². The molecule has 1 heterocycles. The fourth-order valence-electron chi connectivity index (χ4n) is 1.78. The predicted octanol–water partition coefficient (Wildman–Crippen LogP) is 2.11. The van der Waals surface area contributed by atoms with Gasteiger partial charge in [-0.25, -0.2) is 4.79 Å². The Balaban J connectivity index is 2.84. The fourth-order valence-corrected chi connectivity index (χ4v) is 2.84. The first-order chi connectivity index (χ1) is 13.2. The number of carbonyl (C=O) groups is 2. The first-order valence-corrected chi connectivity index (χ1v) is 10.8. The van der Waals surface area contributed by atoms with Crippen LogP contribution >= 0.6 is 7.80 Å². The Morgan fingerprint density at radius 1 is 1.07 bits per heavy atom. The first-order valence-electron chi connectivity index (χ1n) is 9.11. The summed E-state index contributed by atoms with van der Waals surface area (Å²) in [6.45, 7) is 9.97. The highest BCUT2D eigenvalue weighted by molar-refractivity contribution is 7.45. The van der Waals surface area contributed by atoms with Gasteiger partial charge < -0.3 is 14.0 Å². The standard InChI is InChI=1S/C19H29N2O7P/c1-18(2,3)14(23)27-17(28-15(24)19(4,5)6)29(26)12-8-7-10-21-11-9-13(22)20-16(21)25/h7-9,11,17,29H,10,12H2,1-6H3,(H,20,22,25)/b8-7+. The van der Waals surface area contributed by atoms with Crippen LogP contribution in [0.1, 0.15) is 41.5 Å². The molecule has 0 aliphatic rings. The largest absolute Gasteiger partial charge is 0.418 e. The molecule has 29 heavy (non-hydrogen) atoms. The number of rotatable bonds is 7. The van der Waals surface area contributed by atoms with Gasteiger partial charge in [-0.2, -0.15) is 0 Å². The molecular formula is C19H29N2O7P. The molecule has 162 valence electrons. The number of hydrogen-bond acceptors (Lipinski definition) is 7. The number of ether oxygens (including phenoxy) is 2. The summed E-state index contributed by atoms with van der Waals surface area (Å²) in [4.78, 5) is 49.1. The molecule has 0 amide bonds. The topological polar surface area (TPSA) is 125 Å². The Labute approximate surface area is 169 Å². The van der Waals surface area contributed by atoms with E-state index in [0.717, 1.165) is 0 Å². The molecule has 9 nitrogen and oxygen atoms in total. The van der Waals surface area contributed by atoms with Crippen molar-refractivity contribution in [3.63, 3.8) is 0 Å². The number of aromatic nitrogens is 2. The molecule has 0 saturated heterocycles. The van der Waals surface area contributed by atoms with Gasteiger partial charge in [0.05, 0.1) is 10.8 Å². The van der Waals surface area contributed by atoms with Crippen molar-refractivity contribution in [2.75, 3.05) is 6.16 Å². The van der Waals surface area contributed by atoms with E-state index in [1.54, 1.807) is 53.7 Å². The van der Waals surface area contributed by atoms with Crippen LogP contribution in [0.25, 0.3) is 0 Å². The number of nitrogens with zero attached hydrogens (tertiary/aromatic N) is 1. The average molecular weight is 428 g/mol. The first kappa shape index (κ1) is 24.6. The summed E-state index contributed by atoms with van der Waals surface area (Å²) in [5, 5.41) is 0. The van der Waals surface area contributed by atoms with E-state index in [4.69, 9.17) is 9.47 Å². The highest BCUT2D eigenvalue weighted by atomic mass is 31.1. The molecule has 0 fully saturated rings. The van der Waals surface area contributed by atoms with Gasteiger partial charge in [-0.3, -0.25) is 23.9 Å². The zero-order valence-electron chi connectivity index (χ0n) is 17.6. The van der Waals surface area contributed by atoms with Crippen molar-refractivity contribution in [3.05, 3.63) is 45.3 Å². The second-order valence-corrected chi connectivity index (χ2v) is 10.4. The number of nitrogens with one attached hydrogen (secondary N) is 1. The highest BCUT2D eigenvalue weighted by Gasteiger charge is 2.33. The van der Waals surface area contributed by atoms with Crippen molar-refractivity contribution in [1.82, 2.24) is 9.55 Å². The maximum Gasteiger partial charge on any atom is 0.328 e. The van der Waals surface area contributed by atoms with Crippen molar-refractivity contribution in [1.29, 1.82) is 0 Å². The van der Waals surface area contributed by atoms with Gasteiger partial charge in [0.1, 0.15) is 0 Å². The molecule has 0 saturated carbocycles. The lowest BCUT2D eigenvalue weighted by Gasteiger charge is -2.25. The summed E-state index contributed by atoms with van der Waals surface area (Å²) >= 11 is 0. The molecular weight excluding hydrogens is 399 g/mol. The van der Waals surface area contributed by atoms with Crippen molar-refractivity contribution in [2.24, 2.45) is 10.8 Å². The van der Waals surface area contributed by atoms with E-state index in [1.807, 2.05) is 0 Å². The van der Waals surface area contributed by atoms with E-state index in [0.29, 0.717) is 0 Å². The quantitative estimate of drug-likeness (QED) is 0.305. The van der Waals surface area contributed by atoms with Gasteiger partial charge in [-0.15, -0.1) is 0 Å². The molecule has 0 aliphatic carbocycles. The molecule has 1 aromatic rings. The van der Waals surface area contributed by atoms with Gasteiger partial charge in [0.2, 0.25) is 0 Å². The maximum absolute atomic E-state index is 12.7. The monoisotopic (exact) mass is 428 g/mol. The van der Waals surface area contributed by atoms with Crippen LogP contribution in [-0.2, 0) is 30.2 Å². The van der Waals surface area contributed by atoms with Gasteiger partial charge >= 0.3 is 17.6 Å². The third-order valence-corrected chi connectivity index (χ3v) is 5.00. The minimum Gasteiger partial charge on any atom is -0.418 e. The SMILES string of the molecule is CC(C)(C)C(=O)OC(OC(=O)C(C)(C)C)[PH](=O)C/C=C/Cn1ccc(=O)[nH]c1=O. The van der Waals surface area contributed by atoms with Crippen LogP contribution in [-0.4, -0.2) is 33.7 Å². The van der Waals surface area contributed by atoms with Crippen LogP contribution in [0.3, 0.4) is 0 Å². The molecule has 0 aromatic carbocycles. The molecule has 1 rings (SSSR count). The zero-order chi connectivity index (χ0) is 22.4. The van der Waals surface area contributed by atoms with E-state index in [9.17, 15) is 23.7 Å². The summed E-state index contributed by atoms with van der Waals surface area (Å²) in [6, 6.07) is -0.259. The van der Waals surface area contributed by atoms with Gasteiger partial charge in [0, 0.05) is 25.0 Å². The van der Waals surface area contributed by atoms with Crippen molar-refractivity contribution in [3.8, 4) is 0 Å². The second-order valence-electron chi connectivity index (χ2n) is 8.55. The lowest BCUT2D eigenvalue weighted by Crippen LogP contribution is -2.33. The number of allylic oxidation sites excluding steroid dienone is 2. The summed E-state index contributed by atoms with van der Waals surface area (Å²) in [7, 11) is -2.68. The number of H-pyrrole nitrogens is 1. The van der Waals surface area contributed by atoms with Crippen LogP contribution in [0.5, 0.6) is 0 Å². The molecule has 0 radical (unpaired) electrons. The van der Waals surface area contributed by atoms with Gasteiger partial charge in [0.25, 0.3) is 11.6 Å². The van der Waals surface area contributed by atoms with Gasteiger partial charge in [-0.05, 0) is 41.5 Å². The Kier molecular flexibility index (Phi) is 8.38. The Hall–Kier alpha value is -2.41. The molecule has 1 N–H and O–H groups in total. The van der Waals surface area contributed by atoms with Gasteiger partial charge in [-0.1, -0.05) is 12.2 Å². The number of aromatic amines is 1. The lowest BCUT2D eigenvalue weighted by molar-refractivity contribution is -0.184. The zero-order valence-corrected chi connectivity index (χ0v) is 18.6. The van der Waals surface area contributed by atoms with Crippen LogP contribution in [0.15, 0.2) is 34.0 Å². The lowest BCUT2D eigenvalue weighted by atomic mass is 9.97. The van der Waals surface area contributed by atoms with Crippen molar-refractivity contribution in [2.45, 2.75) is 54.1 Å². The third-order valence-electron chi connectivity index (χ3n) is 3.60. The molecule has 0 bridgehead atoms. The maximum atomic E-state index is 12.7. The smallest absolute Gasteiger partial charge is 0.328 e. The van der Waals surface area contributed by atoms with Gasteiger partial charge in [0.15, 0.2) is 7.80 Å². The van der Waals surface area contributed by atoms with Crippen molar-refractivity contribution >= 4 is 19.7 Å². The molecule has 0 spiro atoms. The molecule has 1 unspecified atom stereocenters. The van der Waals surface area contributed by atoms with Crippen LogP contribution in [0.4, 0.5) is 0 Å². The number of carbonyl (C=O) groups excluding carboxylic acids is 2. The van der Waals surface area contributed by atoms with Crippen LogP contribution in [0.2, 0.25) is 0 Å². The summed E-state index contributed by atoms with van der Waals surface area (Å²) in [5.41, 5.74) is -2.76. The third kappa shape index (κ3) is 8.23. The van der Waals surface area contributed by atoms with E-state index >= 15 is 0 Å². The Morgan fingerprint density at radius 2 is 1.59 bits per heavy atom. The number of esters is 2.